The van der Waals surface area contributed by atoms with E-state index in [1.165, 1.54) is 5.56 Å². The average Bonchev–Trinajstić information content (AvgIpc) is 2.44. The number of morpholine rings is 1. The minimum Gasteiger partial charge on any atom is -0.481 e. The first-order valence-electron chi connectivity index (χ1n) is 7.38. The van der Waals surface area contributed by atoms with Crippen LogP contribution in [0.5, 0.6) is 0 Å². The molecule has 1 unspecified atom stereocenters. The van der Waals surface area contributed by atoms with E-state index in [1.807, 2.05) is 19.1 Å². The molecule has 1 N–H and O–H groups in total. The van der Waals surface area contributed by atoms with Crippen molar-refractivity contribution in [3.8, 4) is 0 Å². The van der Waals surface area contributed by atoms with Crippen LogP contribution < -0.4 is 4.90 Å². The van der Waals surface area contributed by atoms with Crippen LogP contribution in [-0.4, -0.2) is 61.9 Å². The van der Waals surface area contributed by atoms with E-state index in [0.717, 1.165) is 31.9 Å². The summed E-state index contributed by atoms with van der Waals surface area (Å²) in [5.41, 5.74) is 2.25. The molecule has 0 aliphatic carbocycles. The number of hydrogen-bond donors (Lipinski definition) is 1. The maximum atomic E-state index is 10.9. The van der Waals surface area contributed by atoms with Gasteiger partial charge in [0, 0.05) is 31.9 Å². The molecule has 1 heterocycles. The molecule has 1 fully saturated rings. The fourth-order valence-electron chi connectivity index (χ4n) is 2.54. The summed E-state index contributed by atoms with van der Waals surface area (Å²) in [6.45, 7) is 5.85. The van der Waals surface area contributed by atoms with E-state index >= 15 is 0 Å². The van der Waals surface area contributed by atoms with Gasteiger partial charge in [0.2, 0.25) is 0 Å². The highest BCUT2D eigenvalue weighted by molar-refractivity contribution is 5.67. The number of hydrogen-bond acceptors (Lipinski definition) is 4. The minimum atomic E-state index is -0.770. The Morgan fingerprint density at radius 2 is 2.14 bits per heavy atom. The fraction of sp³-hybridized carbons (Fsp3) is 0.562. The second-order valence-corrected chi connectivity index (χ2v) is 5.68. The van der Waals surface area contributed by atoms with E-state index in [1.54, 1.807) is 0 Å². The predicted octanol–water partition coefficient (Wildman–Crippen LogP) is 1.61. The van der Waals surface area contributed by atoms with E-state index in [4.69, 9.17) is 9.84 Å². The van der Waals surface area contributed by atoms with Gasteiger partial charge in [0.25, 0.3) is 0 Å². The molecule has 0 radical (unpaired) electrons. The number of benzene rings is 1. The summed E-state index contributed by atoms with van der Waals surface area (Å²) >= 11 is 0. The predicted molar refractivity (Wildman–Crippen MR) is 82.9 cm³/mol. The van der Waals surface area contributed by atoms with Gasteiger partial charge in [-0.25, -0.2) is 0 Å². The molecule has 1 atom stereocenters. The van der Waals surface area contributed by atoms with Crippen LogP contribution in [0.3, 0.4) is 0 Å². The number of ether oxygens (including phenoxy) is 1. The third-order valence-electron chi connectivity index (χ3n) is 3.76. The lowest BCUT2D eigenvalue weighted by atomic mass is 10.2. The normalized spacial score (nSPS) is 19.4. The van der Waals surface area contributed by atoms with E-state index in [-0.39, 0.29) is 12.5 Å². The Bertz CT molecular complexity index is 461. The van der Waals surface area contributed by atoms with Gasteiger partial charge < -0.3 is 19.6 Å². The Morgan fingerprint density at radius 1 is 1.43 bits per heavy atom. The number of rotatable bonds is 6. The van der Waals surface area contributed by atoms with Gasteiger partial charge in [-0.3, -0.25) is 4.79 Å². The highest BCUT2D eigenvalue weighted by Gasteiger charge is 2.21. The zero-order valence-corrected chi connectivity index (χ0v) is 12.8. The summed E-state index contributed by atoms with van der Waals surface area (Å²) in [5, 5.41) is 8.94. The molecule has 0 spiro atoms. The van der Waals surface area contributed by atoms with Gasteiger partial charge in [-0.15, -0.1) is 0 Å². The Labute approximate surface area is 126 Å². The van der Waals surface area contributed by atoms with Gasteiger partial charge in [-0.1, -0.05) is 17.7 Å². The van der Waals surface area contributed by atoms with Gasteiger partial charge in [0.15, 0.2) is 0 Å². The van der Waals surface area contributed by atoms with Gasteiger partial charge in [0.1, 0.15) is 0 Å². The summed E-state index contributed by atoms with van der Waals surface area (Å²) < 4.78 is 5.80. The number of likely N-dealkylation sites (N-methyl/N-ethyl adjacent to an activating group) is 1. The average molecular weight is 292 g/mol. The Hall–Kier alpha value is -1.59. The third-order valence-corrected chi connectivity index (χ3v) is 3.76. The first-order chi connectivity index (χ1) is 10.0. The maximum absolute atomic E-state index is 10.9. The van der Waals surface area contributed by atoms with Crippen molar-refractivity contribution >= 4 is 11.7 Å². The van der Waals surface area contributed by atoms with Crippen molar-refractivity contribution < 1.29 is 14.6 Å². The van der Waals surface area contributed by atoms with Crippen LogP contribution in [-0.2, 0) is 9.53 Å². The second-order valence-electron chi connectivity index (χ2n) is 5.68. The zero-order chi connectivity index (χ0) is 15.2. The quantitative estimate of drug-likeness (QED) is 0.863. The van der Waals surface area contributed by atoms with E-state index in [0.29, 0.717) is 6.54 Å². The summed E-state index contributed by atoms with van der Waals surface area (Å²) in [6.07, 6.45) is 0.259. The van der Waals surface area contributed by atoms with Crippen LogP contribution in [0.15, 0.2) is 24.3 Å². The molecular weight excluding hydrogens is 268 g/mol. The zero-order valence-electron chi connectivity index (χ0n) is 12.8. The monoisotopic (exact) mass is 292 g/mol. The number of aryl methyl sites for hydroxylation is 1. The lowest BCUT2D eigenvalue weighted by Gasteiger charge is -2.34. The van der Waals surface area contributed by atoms with E-state index in [9.17, 15) is 4.79 Å². The Morgan fingerprint density at radius 3 is 2.76 bits per heavy atom. The summed E-state index contributed by atoms with van der Waals surface area (Å²) in [7, 11) is 2.09. The number of carboxylic acid groups (broad SMARTS) is 1. The van der Waals surface area contributed by atoms with Gasteiger partial charge in [-0.05, 0) is 26.1 Å². The highest BCUT2D eigenvalue weighted by atomic mass is 16.5. The SMILES string of the molecule is Cc1ccc(N(CCC(=O)O)CC2CN(C)CCO2)cc1. The van der Waals surface area contributed by atoms with Gasteiger partial charge in [0.05, 0.1) is 19.1 Å². The van der Waals surface area contributed by atoms with E-state index < -0.39 is 5.97 Å². The van der Waals surface area contributed by atoms with Gasteiger partial charge in [-0.2, -0.15) is 0 Å². The third kappa shape index (κ3) is 5.02. The van der Waals surface area contributed by atoms with Crippen molar-refractivity contribution in [3.05, 3.63) is 29.8 Å². The van der Waals surface area contributed by atoms with Crippen LogP contribution in [0, 0.1) is 6.92 Å². The largest absolute Gasteiger partial charge is 0.481 e. The molecule has 0 aromatic heterocycles. The highest BCUT2D eigenvalue weighted by Crippen LogP contribution is 2.17. The molecule has 1 aliphatic heterocycles. The lowest BCUT2D eigenvalue weighted by Crippen LogP contribution is -2.46. The van der Waals surface area contributed by atoms with Crippen molar-refractivity contribution in [1.82, 2.24) is 4.90 Å². The van der Waals surface area contributed by atoms with Crippen molar-refractivity contribution in [1.29, 1.82) is 0 Å². The maximum Gasteiger partial charge on any atom is 0.305 e. The van der Waals surface area contributed by atoms with Crippen molar-refractivity contribution in [2.75, 3.05) is 44.7 Å². The number of aliphatic carboxylic acids is 1. The molecule has 21 heavy (non-hydrogen) atoms. The molecule has 1 aromatic rings. The lowest BCUT2D eigenvalue weighted by molar-refractivity contribution is -0.136. The van der Waals surface area contributed by atoms with Gasteiger partial charge >= 0.3 is 5.97 Å². The Kier molecular flexibility index (Phi) is 5.59. The fourth-order valence-corrected chi connectivity index (χ4v) is 2.54. The molecular formula is C16H24N2O3. The number of anilines is 1. The number of carbonyl (C=O) groups is 1. The van der Waals surface area contributed by atoms with Crippen LogP contribution in [0.4, 0.5) is 5.69 Å². The van der Waals surface area contributed by atoms with E-state index in [2.05, 4.69) is 29.0 Å². The minimum absolute atomic E-state index is 0.124. The molecule has 116 valence electrons. The molecule has 0 saturated carbocycles. The summed E-state index contributed by atoms with van der Waals surface area (Å²) in [6, 6.07) is 8.20. The van der Waals surface area contributed by atoms with Crippen LogP contribution >= 0.6 is 0 Å². The molecule has 2 rings (SSSR count). The standard InChI is InChI=1S/C16H24N2O3/c1-13-3-5-14(6-4-13)18(8-7-16(19)20)12-15-11-17(2)9-10-21-15/h3-6,15H,7-12H2,1-2H3,(H,19,20). The van der Waals surface area contributed by atoms with Crippen LogP contribution in [0.1, 0.15) is 12.0 Å². The summed E-state index contributed by atoms with van der Waals surface area (Å²) in [5.74, 6) is -0.770. The molecule has 1 aliphatic rings. The molecule has 5 nitrogen and oxygen atoms in total. The van der Waals surface area contributed by atoms with Crippen molar-refractivity contribution in [2.45, 2.75) is 19.4 Å². The molecule has 1 saturated heterocycles. The van der Waals surface area contributed by atoms with Crippen molar-refractivity contribution in [2.24, 2.45) is 0 Å². The first-order valence-corrected chi connectivity index (χ1v) is 7.38. The summed E-state index contributed by atoms with van der Waals surface area (Å²) in [4.78, 5) is 15.2. The Balaban J connectivity index is 2.04. The molecule has 0 amide bonds. The van der Waals surface area contributed by atoms with Crippen LogP contribution in [0.2, 0.25) is 0 Å². The molecule has 5 heteroatoms. The topological polar surface area (TPSA) is 53.0 Å². The molecule has 1 aromatic carbocycles. The second kappa shape index (κ2) is 7.43. The molecule has 0 bridgehead atoms. The van der Waals surface area contributed by atoms with Crippen molar-refractivity contribution in [3.63, 3.8) is 0 Å². The van der Waals surface area contributed by atoms with Crippen LogP contribution in [0.25, 0.3) is 0 Å². The first kappa shape index (κ1) is 15.8. The number of carboxylic acids is 1. The smallest absolute Gasteiger partial charge is 0.305 e. The number of nitrogens with zero attached hydrogens (tertiary/aromatic N) is 2.